The zero-order valence-corrected chi connectivity index (χ0v) is 12.8. The summed E-state index contributed by atoms with van der Waals surface area (Å²) in [5.41, 5.74) is 3.81. The summed E-state index contributed by atoms with van der Waals surface area (Å²) in [5.74, 6) is 0.104. The van der Waals surface area contributed by atoms with Crippen LogP contribution in [-0.4, -0.2) is 26.0 Å². The summed E-state index contributed by atoms with van der Waals surface area (Å²) in [7, 11) is 1.85. The third-order valence-corrected chi connectivity index (χ3v) is 3.44. The predicted octanol–water partition coefficient (Wildman–Crippen LogP) is 2.31. The predicted molar refractivity (Wildman–Crippen MR) is 80.5 cm³/mol. The van der Waals surface area contributed by atoms with E-state index < -0.39 is 0 Å². The summed E-state index contributed by atoms with van der Waals surface area (Å²) in [4.78, 5) is 11.7. The molecule has 1 aromatic rings. The molecule has 0 aliphatic heterocycles. The maximum atomic E-state index is 11.7. The zero-order chi connectivity index (χ0) is 14.5. The molecule has 0 aliphatic rings. The third kappa shape index (κ3) is 4.67. The van der Waals surface area contributed by atoms with E-state index in [0.717, 1.165) is 6.54 Å². The van der Waals surface area contributed by atoms with Crippen LogP contribution in [0.15, 0.2) is 18.2 Å². The van der Waals surface area contributed by atoms with Gasteiger partial charge in [0.25, 0.3) is 0 Å². The van der Waals surface area contributed by atoms with Crippen molar-refractivity contribution in [3.8, 4) is 0 Å². The highest BCUT2D eigenvalue weighted by Crippen LogP contribution is 2.26. The Bertz CT molecular complexity index is 438. The molecule has 106 valence electrons. The lowest BCUT2D eigenvalue weighted by molar-refractivity contribution is -0.121. The van der Waals surface area contributed by atoms with E-state index in [1.165, 1.54) is 16.7 Å². The Hall–Kier alpha value is -1.35. The molecule has 0 saturated carbocycles. The van der Waals surface area contributed by atoms with E-state index in [0.29, 0.717) is 13.0 Å². The summed E-state index contributed by atoms with van der Waals surface area (Å²) in [6, 6.07) is 6.50. The lowest BCUT2D eigenvalue weighted by atomic mass is 9.81. The molecule has 19 heavy (non-hydrogen) atoms. The normalized spacial score (nSPS) is 11.4. The fraction of sp³-hybridized carbons (Fsp3) is 0.562. The van der Waals surface area contributed by atoms with Crippen molar-refractivity contribution in [1.82, 2.24) is 10.6 Å². The number of hydrogen-bond acceptors (Lipinski definition) is 2. The van der Waals surface area contributed by atoms with E-state index >= 15 is 0 Å². The molecule has 0 bridgehead atoms. The van der Waals surface area contributed by atoms with Crippen LogP contribution in [0.2, 0.25) is 0 Å². The molecule has 0 radical (unpaired) electrons. The van der Waals surface area contributed by atoms with Gasteiger partial charge in [-0.25, -0.2) is 0 Å². The molecule has 0 unspecified atom stereocenters. The van der Waals surface area contributed by atoms with Crippen molar-refractivity contribution in [3.05, 3.63) is 34.9 Å². The molecule has 1 rings (SSSR count). The SMILES string of the molecule is CNCCC(=O)NCC(C)(C)c1ccc(C)cc1C. The number of benzene rings is 1. The van der Waals surface area contributed by atoms with Crippen molar-refractivity contribution >= 4 is 5.91 Å². The zero-order valence-electron chi connectivity index (χ0n) is 12.8. The van der Waals surface area contributed by atoms with E-state index in [-0.39, 0.29) is 11.3 Å². The number of amides is 1. The highest BCUT2D eigenvalue weighted by atomic mass is 16.1. The first-order valence-corrected chi connectivity index (χ1v) is 6.86. The Morgan fingerprint density at radius 3 is 2.53 bits per heavy atom. The standard InChI is InChI=1S/C16H26N2O/c1-12-6-7-14(13(2)10-12)16(3,4)11-18-15(19)8-9-17-5/h6-7,10,17H,8-9,11H2,1-5H3,(H,18,19). The minimum atomic E-state index is -0.0485. The van der Waals surface area contributed by atoms with Crippen LogP contribution in [0.3, 0.4) is 0 Å². The van der Waals surface area contributed by atoms with Gasteiger partial charge in [0.1, 0.15) is 0 Å². The van der Waals surface area contributed by atoms with Gasteiger partial charge in [-0.15, -0.1) is 0 Å². The Morgan fingerprint density at radius 1 is 1.26 bits per heavy atom. The van der Waals surface area contributed by atoms with Gasteiger partial charge in [-0.2, -0.15) is 0 Å². The minimum absolute atomic E-state index is 0.0485. The first-order valence-electron chi connectivity index (χ1n) is 6.86. The molecule has 0 heterocycles. The Balaban J connectivity index is 2.67. The van der Waals surface area contributed by atoms with E-state index in [2.05, 4.69) is 56.5 Å². The van der Waals surface area contributed by atoms with Crippen molar-refractivity contribution in [2.45, 2.75) is 39.5 Å². The van der Waals surface area contributed by atoms with E-state index in [1.807, 2.05) is 7.05 Å². The highest BCUT2D eigenvalue weighted by molar-refractivity contribution is 5.76. The van der Waals surface area contributed by atoms with Gasteiger partial charge in [-0.3, -0.25) is 4.79 Å². The number of rotatable bonds is 6. The van der Waals surface area contributed by atoms with Crippen molar-refractivity contribution < 1.29 is 4.79 Å². The molecule has 0 atom stereocenters. The summed E-state index contributed by atoms with van der Waals surface area (Å²) in [6.45, 7) is 9.96. The van der Waals surface area contributed by atoms with Gasteiger partial charge in [-0.1, -0.05) is 37.6 Å². The van der Waals surface area contributed by atoms with Gasteiger partial charge in [-0.05, 0) is 32.0 Å². The Morgan fingerprint density at radius 2 is 1.95 bits per heavy atom. The minimum Gasteiger partial charge on any atom is -0.355 e. The van der Waals surface area contributed by atoms with E-state index in [4.69, 9.17) is 0 Å². The van der Waals surface area contributed by atoms with Crippen LogP contribution in [0.1, 0.15) is 37.0 Å². The number of hydrogen-bond donors (Lipinski definition) is 2. The van der Waals surface area contributed by atoms with Crippen molar-refractivity contribution in [2.75, 3.05) is 20.1 Å². The second kappa shape index (κ2) is 6.71. The summed E-state index contributed by atoms with van der Waals surface area (Å²) in [5, 5.41) is 6.00. The van der Waals surface area contributed by atoms with Crippen LogP contribution in [0.5, 0.6) is 0 Å². The Kier molecular flexibility index (Phi) is 5.55. The number of nitrogens with one attached hydrogen (secondary N) is 2. The van der Waals surface area contributed by atoms with Crippen LogP contribution in [0.25, 0.3) is 0 Å². The summed E-state index contributed by atoms with van der Waals surface area (Å²) in [6.07, 6.45) is 0.527. The average molecular weight is 262 g/mol. The molecule has 0 saturated heterocycles. The highest BCUT2D eigenvalue weighted by Gasteiger charge is 2.23. The van der Waals surface area contributed by atoms with Gasteiger partial charge < -0.3 is 10.6 Å². The number of carbonyl (C=O) groups excluding carboxylic acids is 1. The van der Waals surface area contributed by atoms with Crippen LogP contribution in [0.4, 0.5) is 0 Å². The van der Waals surface area contributed by atoms with Crippen LogP contribution >= 0.6 is 0 Å². The van der Waals surface area contributed by atoms with E-state index in [1.54, 1.807) is 0 Å². The maximum absolute atomic E-state index is 11.7. The molecule has 1 amide bonds. The summed E-state index contributed by atoms with van der Waals surface area (Å²) >= 11 is 0. The van der Waals surface area contributed by atoms with E-state index in [9.17, 15) is 4.79 Å². The molecular formula is C16H26N2O. The largest absolute Gasteiger partial charge is 0.355 e. The quantitative estimate of drug-likeness (QED) is 0.826. The number of aryl methyl sites for hydroxylation is 2. The topological polar surface area (TPSA) is 41.1 Å². The van der Waals surface area contributed by atoms with Crippen LogP contribution in [0, 0.1) is 13.8 Å². The third-order valence-electron chi connectivity index (χ3n) is 3.44. The first-order chi connectivity index (χ1) is 8.86. The molecule has 0 aliphatic carbocycles. The molecule has 3 nitrogen and oxygen atoms in total. The van der Waals surface area contributed by atoms with Crippen molar-refractivity contribution in [3.63, 3.8) is 0 Å². The lowest BCUT2D eigenvalue weighted by Crippen LogP contribution is -2.37. The first kappa shape index (κ1) is 15.7. The molecule has 1 aromatic carbocycles. The molecule has 0 fully saturated rings. The summed E-state index contributed by atoms with van der Waals surface area (Å²) < 4.78 is 0. The maximum Gasteiger partial charge on any atom is 0.221 e. The van der Waals surface area contributed by atoms with Crippen molar-refractivity contribution in [2.24, 2.45) is 0 Å². The van der Waals surface area contributed by atoms with Crippen LogP contribution < -0.4 is 10.6 Å². The second-order valence-corrected chi connectivity index (χ2v) is 5.83. The molecular weight excluding hydrogens is 236 g/mol. The monoisotopic (exact) mass is 262 g/mol. The van der Waals surface area contributed by atoms with Crippen LogP contribution in [-0.2, 0) is 10.2 Å². The molecule has 0 aromatic heterocycles. The van der Waals surface area contributed by atoms with Gasteiger partial charge in [0.2, 0.25) is 5.91 Å². The van der Waals surface area contributed by atoms with Gasteiger partial charge >= 0.3 is 0 Å². The fourth-order valence-electron chi connectivity index (χ4n) is 2.31. The molecule has 3 heteroatoms. The van der Waals surface area contributed by atoms with Crippen molar-refractivity contribution in [1.29, 1.82) is 0 Å². The molecule has 2 N–H and O–H groups in total. The van der Waals surface area contributed by atoms with Gasteiger partial charge in [0.15, 0.2) is 0 Å². The molecule has 0 spiro atoms. The average Bonchev–Trinajstić information content (AvgIpc) is 2.33. The Labute approximate surface area is 116 Å². The fourth-order valence-corrected chi connectivity index (χ4v) is 2.31. The smallest absolute Gasteiger partial charge is 0.221 e. The number of carbonyl (C=O) groups is 1. The lowest BCUT2D eigenvalue weighted by Gasteiger charge is -2.27. The van der Waals surface area contributed by atoms with Gasteiger partial charge in [0, 0.05) is 24.9 Å². The van der Waals surface area contributed by atoms with Gasteiger partial charge in [0.05, 0.1) is 0 Å². The second-order valence-electron chi connectivity index (χ2n) is 5.83.